The van der Waals surface area contributed by atoms with Crippen molar-refractivity contribution >= 4 is 27.8 Å². The normalized spacial score (nSPS) is 12.6. The number of benzene rings is 2. The smallest absolute Gasteiger partial charge is 0.251 e. The number of nitrogens with one attached hydrogen (secondary N) is 1. The van der Waals surface area contributed by atoms with Crippen LogP contribution in [0.4, 0.5) is 4.39 Å². The maximum atomic E-state index is 13.3. The first-order chi connectivity index (χ1) is 13.0. The van der Waals surface area contributed by atoms with Gasteiger partial charge < -0.3 is 10.4 Å². The summed E-state index contributed by atoms with van der Waals surface area (Å²) in [6, 6.07) is 11.3. The van der Waals surface area contributed by atoms with E-state index in [0.717, 1.165) is 27.6 Å². The number of carbonyl (C=O) groups is 1. The Morgan fingerprint density at radius 3 is 2.67 bits per heavy atom. The number of aliphatic hydroxyl groups excluding tert-OH is 1. The summed E-state index contributed by atoms with van der Waals surface area (Å²) in [7, 11) is 1.83. The quantitative estimate of drug-likeness (QED) is 0.583. The van der Waals surface area contributed by atoms with Crippen LogP contribution in [0.1, 0.15) is 17.3 Å². The first kappa shape index (κ1) is 17.2. The molecule has 27 heavy (non-hydrogen) atoms. The number of halogens is 1. The Hall–Kier alpha value is -3.19. The molecular formula is C20H19FN4O2. The van der Waals surface area contributed by atoms with Gasteiger partial charge in [-0.1, -0.05) is 0 Å². The number of amides is 1. The van der Waals surface area contributed by atoms with Gasteiger partial charge in [0.05, 0.1) is 12.1 Å². The molecule has 4 rings (SSSR count). The first-order valence-corrected chi connectivity index (χ1v) is 8.63. The number of fused-ring (bicyclic) bond motifs is 3. The highest BCUT2D eigenvalue weighted by Gasteiger charge is 2.18. The number of aliphatic hydroxyl groups is 1. The second-order valence-corrected chi connectivity index (χ2v) is 6.64. The first-order valence-electron chi connectivity index (χ1n) is 8.63. The van der Waals surface area contributed by atoms with Crippen LogP contribution in [0.5, 0.6) is 0 Å². The van der Waals surface area contributed by atoms with E-state index in [1.165, 1.54) is 12.1 Å². The Balaban J connectivity index is 1.91. The van der Waals surface area contributed by atoms with E-state index in [2.05, 4.69) is 10.4 Å². The zero-order valence-corrected chi connectivity index (χ0v) is 15.0. The molecule has 6 nitrogen and oxygen atoms in total. The van der Waals surface area contributed by atoms with Crippen LogP contribution in [0, 0.1) is 5.82 Å². The van der Waals surface area contributed by atoms with Gasteiger partial charge in [-0.25, -0.2) is 4.39 Å². The number of aromatic nitrogens is 3. The van der Waals surface area contributed by atoms with Crippen LogP contribution in [0.25, 0.3) is 27.6 Å². The highest BCUT2D eigenvalue weighted by molar-refractivity contribution is 6.10. The molecule has 2 heterocycles. The van der Waals surface area contributed by atoms with Crippen LogP contribution < -0.4 is 5.32 Å². The van der Waals surface area contributed by atoms with Crippen molar-refractivity contribution in [3.63, 3.8) is 0 Å². The van der Waals surface area contributed by atoms with Crippen molar-refractivity contribution in [2.75, 3.05) is 6.61 Å². The Morgan fingerprint density at radius 1 is 1.22 bits per heavy atom. The van der Waals surface area contributed by atoms with Gasteiger partial charge >= 0.3 is 0 Å². The monoisotopic (exact) mass is 366 g/mol. The summed E-state index contributed by atoms with van der Waals surface area (Å²) in [5, 5.41) is 18.2. The molecule has 0 saturated carbocycles. The summed E-state index contributed by atoms with van der Waals surface area (Å²) in [6.45, 7) is 1.61. The largest absolute Gasteiger partial charge is 0.394 e. The van der Waals surface area contributed by atoms with Crippen molar-refractivity contribution in [1.82, 2.24) is 19.7 Å². The van der Waals surface area contributed by atoms with Gasteiger partial charge in [-0.05, 0) is 49.4 Å². The van der Waals surface area contributed by atoms with E-state index in [1.807, 2.05) is 29.9 Å². The SMILES string of the molecule is C[C@H](CO)NC(=O)c1ccc2c(c1)c1cn(C)nc1n2-c1ccc(F)cc1. The average molecular weight is 366 g/mol. The second-order valence-electron chi connectivity index (χ2n) is 6.64. The number of nitrogens with zero attached hydrogens (tertiary/aromatic N) is 3. The zero-order valence-electron chi connectivity index (χ0n) is 15.0. The van der Waals surface area contributed by atoms with Crippen LogP contribution in [0.15, 0.2) is 48.7 Å². The van der Waals surface area contributed by atoms with Gasteiger partial charge in [-0.2, -0.15) is 5.10 Å². The van der Waals surface area contributed by atoms with E-state index >= 15 is 0 Å². The van der Waals surface area contributed by atoms with Crippen molar-refractivity contribution in [2.45, 2.75) is 13.0 Å². The predicted molar refractivity (Wildman–Crippen MR) is 102 cm³/mol. The summed E-state index contributed by atoms with van der Waals surface area (Å²) in [5.74, 6) is -0.547. The Labute approximate surface area is 154 Å². The van der Waals surface area contributed by atoms with Crippen LogP contribution in [-0.4, -0.2) is 38.0 Å². The summed E-state index contributed by atoms with van der Waals surface area (Å²) in [4.78, 5) is 12.4. The summed E-state index contributed by atoms with van der Waals surface area (Å²) < 4.78 is 17.0. The predicted octanol–water partition coefficient (Wildman–Crippen LogP) is 2.77. The molecule has 0 fully saturated rings. The molecule has 4 aromatic rings. The lowest BCUT2D eigenvalue weighted by molar-refractivity contribution is 0.0922. The maximum absolute atomic E-state index is 13.3. The van der Waals surface area contributed by atoms with E-state index in [0.29, 0.717) is 5.56 Å². The lowest BCUT2D eigenvalue weighted by atomic mass is 10.1. The molecule has 0 bridgehead atoms. The molecule has 0 unspecified atom stereocenters. The van der Waals surface area contributed by atoms with Crippen molar-refractivity contribution in [2.24, 2.45) is 7.05 Å². The zero-order chi connectivity index (χ0) is 19.1. The van der Waals surface area contributed by atoms with Crippen LogP contribution >= 0.6 is 0 Å². The van der Waals surface area contributed by atoms with Crippen molar-refractivity contribution in [3.8, 4) is 5.69 Å². The fourth-order valence-electron chi connectivity index (χ4n) is 3.24. The molecule has 2 N–H and O–H groups in total. The summed E-state index contributed by atoms with van der Waals surface area (Å²) >= 11 is 0. The van der Waals surface area contributed by atoms with E-state index in [-0.39, 0.29) is 24.4 Å². The summed E-state index contributed by atoms with van der Waals surface area (Å²) in [6.07, 6.45) is 1.90. The van der Waals surface area contributed by atoms with E-state index in [1.54, 1.807) is 29.8 Å². The van der Waals surface area contributed by atoms with Crippen molar-refractivity contribution in [1.29, 1.82) is 0 Å². The minimum atomic E-state index is -0.324. The van der Waals surface area contributed by atoms with Gasteiger partial charge in [-0.15, -0.1) is 0 Å². The van der Waals surface area contributed by atoms with E-state index in [9.17, 15) is 9.18 Å². The lowest BCUT2D eigenvalue weighted by Gasteiger charge is -2.11. The number of rotatable bonds is 4. The van der Waals surface area contributed by atoms with Crippen molar-refractivity contribution < 1.29 is 14.3 Å². The van der Waals surface area contributed by atoms with Crippen LogP contribution in [0.2, 0.25) is 0 Å². The highest BCUT2D eigenvalue weighted by atomic mass is 19.1. The molecule has 0 saturated heterocycles. The lowest BCUT2D eigenvalue weighted by Crippen LogP contribution is -2.34. The standard InChI is InChI=1S/C20H19FN4O2/c1-12(11-26)22-20(27)13-3-8-18-16(9-13)17-10-24(2)23-19(17)25(18)15-6-4-14(21)5-7-15/h3-10,12,26H,11H2,1-2H3,(H,22,27)/t12-/m1/s1. The second kappa shape index (κ2) is 6.51. The van der Waals surface area contributed by atoms with Gasteiger partial charge in [0.25, 0.3) is 5.91 Å². The Kier molecular flexibility index (Phi) is 4.16. The highest BCUT2D eigenvalue weighted by Crippen LogP contribution is 2.31. The van der Waals surface area contributed by atoms with Gasteiger partial charge in [0.2, 0.25) is 0 Å². The molecule has 0 aliphatic heterocycles. The number of carbonyl (C=O) groups excluding carboxylic acids is 1. The average Bonchev–Trinajstić information content (AvgIpc) is 3.17. The van der Waals surface area contributed by atoms with E-state index in [4.69, 9.17) is 5.11 Å². The summed E-state index contributed by atoms with van der Waals surface area (Å²) in [5.41, 5.74) is 2.91. The van der Waals surface area contributed by atoms with Crippen LogP contribution in [-0.2, 0) is 7.05 Å². The maximum Gasteiger partial charge on any atom is 0.251 e. The van der Waals surface area contributed by atoms with Gasteiger partial charge in [0.1, 0.15) is 5.82 Å². The molecule has 2 aromatic heterocycles. The third-order valence-corrected chi connectivity index (χ3v) is 4.55. The number of hydrogen-bond acceptors (Lipinski definition) is 3. The Morgan fingerprint density at radius 2 is 1.96 bits per heavy atom. The van der Waals surface area contributed by atoms with Crippen LogP contribution in [0.3, 0.4) is 0 Å². The third kappa shape index (κ3) is 2.96. The number of hydrogen-bond donors (Lipinski definition) is 2. The molecule has 138 valence electrons. The minimum absolute atomic E-state index is 0.123. The van der Waals surface area contributed by atoms with Gasteiger partial charge in [0, 0.05) is 41.3 Å². The van der Waals surface area contributed by atoms with Crippen molar-refractivity contribution in [3.05, 3.63) is 60.0 Å². The van der Waals surface area contributed by atoms with E-state index < -0.39 is 0 Å². The molecule has 1 amide bonds. The molecule has 0 aliphatic carbocycles. The van der Waals surface area contributed by atoms with Gasteiger partial charge in [-0.3, -0.25) is 14.0 Å². The van der Waals surface area contributed by atoms with Gasteiger partial charge in [0.15, 0.2) is 5.65 Å². The third-order valence-electron chi connectivity index (χ3n) is 4.55. The molecule has 0 spiro atoms. The molecule has 1 atom stereocenters. The minimum Gasteiger partial charge on any atom is -0.394 e. The molecule has 7 heteroatoms. The molecular weight excluding hydrogens is 347 g/mol. The fourth-order valence-corrected chi connectivity index (χ4v) is 3.24. The molecule has 0 aliphatic rings. The Bertz CT molecular complexity index is 1140. The molecule has 0 radical (unpaired) electrons. The topological polar surface area (TPSA) is 72.1 Å². The molecule has 2 aromatic carbocycles. The fraction of sp³-hybridized carbons (Fsp3) is 0.200. The number of aryl methyl sites for hydroxylation is 1.